The number of hydrogen-bond acceptors (Lipinski definition) is 2. The van der Waals surface area contributed by atoms with Crippen LogP contribution in [0.4, 0.5) is 13.2 Å². The number of H-pyrrole nitrogens is 1. The molecule has 178 valence electrons. The van der Waals surface area contributed by atoms with Crippen molar-refractivity contribution in [3.63, 3.8) is 0 Å². The van der Waals surface area contributed by atoms with E-state index in [-0.39, 0.29) is 29.6 Å². The number of hydrogen-bond donors (Lipinski definition) is 2. The Morgan fingerprint density at radius 1 is 1.18 bits per heavy atom. The van der Waals surface area contributed by atoms with Crippen LogP contribution in [0.1, 0.15) is 67.5 Å². The standard InChI is InChI=1S/C27H27F3N2O2/c1-27(2,30)14-32-21-9-5-7-17(21)23-16-6-3-4-8-20(16)31-25(23)26(32)24-18(28)12-15(13-19(24)29)10-11-22(33)34/h3-4,6,8,10-13,17,21,26,31H,5,7,9,14H2,1-2H3,(H,33,34)/b11-10+/t17?,21?,26-/m1/s1. The SMILES string of the molecule is CC(C)(F)CN1C2CCCC2c2c([nH]c3ccccc23)[C@H]1c1c(F)cc(/C=C/C(=O)O)cc1F. The number of carbonyl (C=O) groups is 1. The van der Waals surface area contributed by atoms with Crippen molar-refractivity contribution >= 4 is 22.9 Å². The van der Waals surface area contributed by atoms with E-state index in [0.29, 0.717) is 5.69 Å². The van der Waals surface area contributed by atoms with Crippen LogP contribution in [0.5, 0.6) is 0 Å². The number of carboxylic acids is 1. The molecule has 1 aliphatic carbocycles. The van der Waals surface area contributed by atoms with Crippen LogP contribution >= 0.6 is 0 Å². The molecule has 4 nitrogen and oxygen atoms in total. The number of aliphatic carboxylic acids is 1. The first-order valence-corrected chi connectivity index (χ1v) is 11.6. The molecule has 1 saturated carbocycles. The van der Waals surface area contributed by atoms with Crippen molar-refractivity contribution in [2.45, 2.75) is 56.8 Å². The smallest absolute Gasteiger partial charge is 0.328 e. The van der Waals surface area contributed by atoms with Gasteiger partial charge in [-0.25, -0.2) is 18.0 Å². The fourth-order valence-corrected chi connectivity index (χ4v) is 5.91. The number of nitrogens with one attached hydrogen (secondary N) is 1. The van der Waals surface area contributed by atoms with E-state index in [2.05, 4.69) is 4.98 Å². The summed E-state index contributed by atoms with van der Waals surface area (Å²) < 4.78 is 46.2. The van der Waals surface area contributed by atoms with Crippen molar-refractivity contribution in [2.75, 3.05) is 6.54 Å². The van der Waals surface area contributed by atoms with Gasteiger partial charge in [0.2, 0.25) is 0 Å². The molecule has 1 aliphatic heterocycles. The maximum absolute atomic E-state index is 15.6. The van der Waals surface area contributed by atoms with Gasteiger partial charge in [0, 0.05) is 46.7 Å². The van der Waals surface area contributed by atoms with Crippen molar-refractivity contribution in [3.8, 4) is 0 Å². The van der Waals surface area contributed by atoms with E-state index in [1.165, 1.54) is 13.8 Å². The highest BCUT2D eigenvalue weighted by molar-refractivity contribution is 5.86. The largest absolute Gasteiger partial charge is 0.478 e. The predicted octanol–water partition coefficient (Wildman–Crippen LogP) is 6.33. The number of alkyl halides is 1. The van der Waals surface area contributed by atoms with Gasteiger partial charge in [-0.15, -0.1) is 0 Å². The molecule has 1 fully saturated rings. The Morgan fingerprint density at radius 2 is 1.88 bits per heavy atom. The van der Waals surface area contributed by atoms with E-state index in [4.69, 9.17) is 5.11 Å². The van der Waals surface area contributed by atoms with Crippen LogP contribution in [-0.4, -0.2) is 39.2 Å². The first-order chi connectivity index (χ1) is 16.1. The Kier molecular flexibility index (Phi) is 5.55. The van der Waals surface area contributed by atoms with Gasteiger partial charge < -0.3 is 10.1 Å². The number of rotatable bonds is 5. The number of carboxylic acid groups (broad SMARTS) is 1. The molecule has 2 heterocycles. The van der Waals surface area contributed by atoms with Gasteiger partial charge in [-0.3, -0.25) is 4.90 Å². The van der Waals surface area contributed by atoms with E-state index < -0.39 is 29.3 Å². The van der Waals surface area contributed by atoms with Crippen molar-refractivity contribution in [1.29, 1.82) is 0 Å². The molecule has 2 unspecified atom stereocenters. The van der Waals surface area contributed by atoms with Gasteiger partial charge in [0.25, 0.3) is 0 Å². The average molecular weight is 469 g/mol. The van der Waals surface area contributed by atoms with Gasteiger partial charge in [0.15, 0.2) is 0 Å². The summed E-state index contributed by atoms with van der Waals surface area (Å²) in [5, 5.41) is 9.90. The Hall–Kier alpha value is -3.06. The van der Waals surface area contributed by atoms with E-state index in [0.717, 1.165) is 60.0 Å². The molecule has 3 aromatic rings. The van der Waals surface area contributed by atoms with Crippen LogP contribution in [-0.2, 0) is 4.79 Å². The van der Waals surface area contributed by atoms with E-state index in [9.17, 15) is 4.79 Å². The Morgan fingerprint density at radius 3 is 2.56 bits per heavy atom. The van der Waals surface area contributed by atoms with Crippen molar-refractivity contribution in [3.05, 3.63) is 76.5 Å². The second-order valence-electron chi connectivity index (χ2n) is 9.97. The number of aromatic amines is 1. The summed E-state index contributed by atoms with van der Waals surface area (Å²) in [5.74, 6) is -2.60. The number of fused-ring (bicyclic) bond motifs is 5. The zero-order valence-corrected chi connectivity index (χ0v) is 19.1. The highest BCUT2D eigenvalue weighted by atomic mass is 19.1. The minimum absolute atomic E-state index is 0.0305. The molecule has 0 amide bonds. The second-order valence-corrected chi connectivity index (χ2v) is 9.97. The Bertz CT molecular complexity index is 1270. The van der Waals surface area contributed by atoms with Gasteiger partial charge in [-0.2, -0.15) is 0 Å². The topological polar surface area (TPSA) is 56.3 Å². The van der Waals surface area contributed by atoms with E-state index in [1.807, 2.05) is 29.2 Å². The van der Waals surface area contributed by atoms with E-state index in [1.54, 1.807) is 0 Å². The van der Waals surface area contributed by atoms with Gasteiger partial charge in [0.1, 0.15) is 17.3 Å². The van der Waals surface area contributed by atoms with Crippen molar-refractivity contribution < 1.29 is 23.1 Å². The fraction of sp³-hybridized carbons (Fsp3) is 0.370. The van der Waals surface area contributed by atoms with Crippen LogP contribution < -0.4 is 0 Å². The lowest BCUT2D eigenvalue weighted by molar-refractivity contribution is -0.131. The summed E-state index contributed by atoms with van der Waals surface area (Å²) >= 11 is 0. The normalized spacial score (nSPS) is 22.9. The molecular weight excluding hydrogens is 441 g/mol. The summed E-state index contributed by atoms with van der Waals surface area (Å²) in [7, 11) is 0. The third-order valence-corrected chi connectivity index (χ3v) is 7.01. The first kappa shape index (κ1) is 22.7. The molecule has 2 aliphatic rings. The zero-order chi connectivity index (χ0) is 24.2. The molecule has 5 rings (SSSR count). The molecule has 1 aromatic heterocycles. The number of para-hydroxylation sites is 1. The molecule has 3 atom stereocenters. The minimum Gasteiger partial charge on any atom is -0.478 e. The lowest BCUT2D eigenvalue weighted by atomic mass is 9.80. The molecule has 34 heavy (non-hydrogen) atoms. The summed E-state index contributed by atoms with van der Waals surface area (Å²) in [6, 6.07) is 9.27. The van der Waals surface area contributed by atoms with Crippen molar-refractivity contribution in [2.24, 2.45) is 0 Å². The molecule has 0 bridgehead atoms. The summed E-state index contributed by atoms with van der Waals surface area (Å²) in [4.78, 5) is 16.2. The second kappa shape index (κ2) is 8.31. The quantitative estimate of drug-likeness (QED) is 0.430. The molecule has 0 radical (unpaired) electrons. The Labute approximate surface area is 196 Å². The zero-order valence-electron chi connectivity index (χ0n) is 19.1. The third kappa shape index (κ3) is 3.92. The lowest BCUT2D eigenvalue weighted by Crippen LogP contribution is -2.49. The van der Waals surface area contributed by atoms with Gasteiger partial charge in [-0.05, 0) is 62.1 Å². The van der Waals surface area contributed by atoms with Crippen LogP contribution in [0, 0.1) is 11.6 Å². The van der Waals surface area contributed by atoms with Crippen LogP contribution in [0.25, 0.3) is 17.0 Å². The fourth-order valence-electron chi connectivity index (χ4n) is 5.91. The lowest BCUT2D eigenvalue weighted by Gasteiger charge is -2.45. The highest BCUT2D eigenvalue weighted by Gasteiger charge is 2.48. The number of aromatic nitrogens is 1. The van der Waals surface area contributed by atoms with Gasteiger partial charge in [-0.1, -0.05) is 24.6 Å². The van der Waals surface area contributed by atoms with Crippen LogP contribution in [0.3, 0.4) is 0 Å². The first-order valence-electron chi connectivity index (χ1n) is 11.6. The van der Waals surface area contributed by atoms with Crippen LogP contribution in [0.2, 0.25) is 0 Å². The third-order valence-electron chi connectivity index (χ3n) is 7.01. The molecule has 0 saturated heterocycles. The van der Waals surface area contributed by atoms with Crippen molar-refractivity contribution in [1.82, 2.24) is 9.88 Å². The molecular formula is C27H27F3N2O2. The molecule has 0 spiro atoms. The summed E-state index contributed by atoms with van der Waals surface area (Å²) in [6.07, 6.45) is 4.74. The maximum Gasteiger partial charge on any atom is 0.328 e. The number of benzene rings is 2. The van der Waals surface area contributed by atoms with Gasteiger partial charge in [0.05, 0.1) is 6.04 Å². The molecule has 7 heteroatoms. The van der Waals surface area contributed by atoms with E-state index >= 15 is 13.2 Å². The highest BCUT2D eigenvalue weighted by Crippen LogP contribution is 2.53. The Balaban J connectivity index is 1.73. The average Bonchev–Trinajstić information content (AvgIpc) is 3.37. The number of halogens is 3. The predicted molar refractivity (Wildman–Crippen MR) is 125 cm³/mol. The maximum atomic E-state index is 15.6. The summed E-state index contributed by atoms with van der Waals surface area (Å²) in [6.45, 7) is 3.01. The molecule has 2 N–H and O–H groups in total. The van der Waals surface area contributed by atoms with Crippen LogP contribution in [0.15, 0.2) is 42.5 Å². The van der Waals surface area contributed by atoms with Gasteiger partial charge >= 0.3 is 5.97 Å². The summed E-state index contributed by atoms with van der Waals surface area (Å²) in [5.41, 5.74) is 1.09. The minimum atomic E-state index is -1.56. The number of nitrogens with zero attached hydrogens (tertiary/aromatic N) is 1. The monoisotopic (exact) mass is 468 g/mol. The molecule has 2 aromatic carbocycles.